The molecule has 1 aliphatic heterocycles. The van der Waals surface area contributed by atoms with E-state index >= 15 is 0 Å². The molecule has 0 unspecified atom stereocenters. The van der Waals surface area contributed by atoms with Gasteiger partial charge in [-0.1, -0.05) is 12.1 Å². The first-order valence-corrected chi connectivity index (χ1v) is 7.65. The van der Waals surface area contributed by atoms with Gasteiger partial charge in [0.1, 0.15) is 5.84 Å². The van der Waals surface area contributed by atoms with E-state index in [4.69, 9.17) is 15.9 Å². The Morgan fingerprint density at radius 2 is 2.05 bits per heavy atom. The highest BCUT2D eigenvalue weighted by atomic mass is 32.2. The Morgan fingerprint density at radius 3 is 2.65 bits per heavy atom. The molecule has 110 valence electrons. The molecule has 1 aliphatic rings. The highest BCUT2D eigenvalue weighted by molar-refractivity contribution is 7.90. The Kier molecular flexibility index (Phi) is 4.26. The van der Waals surface area contributed by atoms with Crippen LogP contribution in [-0.2, 0) is 14.9 Å². The molecule has 0 saturated carbocycles. The summed E-state index contributed by atoms with van der Waals surface area (Å²) in [5, 5.41) is 7.58. The van der Waals surface area contributed by atoms with Crippen molar-refractivity contribution in [3.05, 3.63) is 29.3 Å². The predicted molar refractivity (Wildman–Crippen MR) is 77.1 cm³/mol. The summed E-state index contributed by atoms with van der Waals surface area (Å²) in [6.45, 7) is 3.18. The van der Waals surface area contributed by atoms with Crippen LogP contribution in [0.5, 0.6) is 0 Å². The number of ether oxygens (including phenoxy) is 1. The number of nitrogens with two attached hydrogens (primary N) is 1. The largest absolute Gasteiger partial charge is 0.384 e. The van der Waals surface area contributed by atoms with Crippen LogP contribution in [0.25, 0.3) is 0 Å². The quantitative estimate of drug-likeness (QED) is 0.547. The summed E-state index contributed by atoms with van der Waals surface area (Å²) in [6, 6.07) is 5.10. The number of anilines is 1. The van der Waals surface area contributed by atoms with Gasteiger partial charge >= 0.3 is 10.2 Å². The first-order valence-electron chi connectivity index (χ1n) is 6.21. The number of nitrogens with zero attached hydrogens (tertiary/aromatic N) is 1. The first kappa shape index (κ1) is 14.8. The fraction of sp³-hybridized carbons (Fsp3) is 0.417. The van der Waals surface area contributed by atoms with Crippen LogP contribution < -0.4 is 10.5 Å². The molecule has 0 bridgehead atoms. The Bertz CT molecular complexity index is 609. The molecule has 0 aromatic heterocycles. The van der Waals surface area contributed by atoms with Gasteiger partial charge in [0.2, 0.25) is 0 Å². The summed E-state index contributed by atoms with van der Waals surface area (Å²) in [5.41, 5.74) is 7.01. The maximum absolute atomic E-state index is 12.3. The maximum atomic E-state index is 12.3. The molecule has 1 aromatic carbocycles. The topological polar surface area (TPSA) is 109 Å². The minimum atomic E-state index is -3.66. The van der Waals surface area contributed by atoms with E-state index in [9.17, 15) is 8.42 Å². The van der Waals surface area contributed by atoms with Crippen LogP contribution in [0.1, 0.15) is 11.1 Å². The summed E-state index contributed by atoms with van der Waals surface area (Å²) in [4.78, 5) is 0. The molecule has 8 heteroatoms. The van der Waals surface area contributed by atoms with Crippen molar-refractivity contribution in [2.24, 2.45) is 5.73 Å². The van der Waals surface area contributed by atoms with Crippen molar-refractivity contribution in [2.75, 3.05) is 31.0 Å². The fourth-order valence-corrected chi connectivity index (χ4v) is 3.31. The zero-order chi connectivity index (χ0) is 14.8. The van der Waals surface area contributed by atoms with Gasteiger partial charge in [-0.25, -0.2) is 0 Å². The van der Waals surface area contributed by atoms with E-state index in [1.807, 2.05) is 0 Å². The van der Waals surface area contributed by atoms with Crippen LogP contribution in [0.15, 0.2) is 18.2 Å². The minimum Gasteiger partial charge on any atom is -0.384 e. The lowest BCUT2D eigenvalue weighted by Gasteiger charge is -2.27. The van der Waals surface area contributed by atoms with E-state index in [-0.39, 0.29) is 5.84 Å². The van der Waals surface area contributed by atoms with Crippen LogP contribution in [0.3, 0.4) is 0 Å². The van der Waals surface area contributed by atoms with Crippen molar-refractivity contribution in [1.82, 2.24) is 4.31 Å². The SMILES string of the molecule is Cc1cccc(NS(=O)(=O)N2CCOCC2)c1C(=N)N. The molecule has 0 spiro atoms. The van der Waals surface area contributed by atoms with Crippen molar-refractivity contribution < 1.29 is 13.2 Å². The van der Waals surface area contributed by atoms with Gasteiger partial charge in [-0.15, -0.1) is 0 Å². The van der Waals surface area contributed by atoms with Gasteiger partial charge in [-0.05, 0) is 18.6 Å². The molecule has 0 atom stereocenters. The zero-order valence-electron chi connectivity index (χ0n) is 11.2. The number of nitrogen functional groups attached to an aromatic ring is 1. The minimum absolute atomic E-state index is 0.164. The van der Waals surface area contributed by atoms with Crippen molar-refractivity contribution in [2.45, 2.75) is 6.92 Å². The van der Waals surface area contributed by atoms with Gasteiger partial charge in [0.15, 0.2) is 0 Å². The lowest BCUT2D eigenvalue weighted by molar-refractivity contribution is 0.0733. The van der Waals surface area contributed by atoms with E-state index in [0.29, 0.717) is 37.6 Å². The molecule has 1 fully saturated rings. The van der Waals surface area contributed by atoms with Crippen LogP contribution in [-0.4, -0.2) is 44.9 Å². The molecule has 1 heterocycles. The maximum Gasteiger partial charge on any atom is 0.301 e. The number of aryl methyl sites for hydroxylation is 1. The Morgan fingerprint density at radius 1 is 1.40 bits per heavy atom. The predicted octanol–water partition coefficient (Wildman–Crippen LogP) is 0.268. The van der Waals surface area contributed by atoms with E-state index in [2.05, 4.69) is 4.72 Å². The van der Waals surface area contributed by atoms with E-state index < -0.39 is 10.2 Å². The monoisotopic (exact) mass is 298 g/mol. The van der Waals surface area contributed by atoms with Crippen LogP contribution in [0, 0.1) is 12.3 Å². The van der Waals surface area contributed by atoms with Gasteiger partial charge in [-0.3, -0.25) is 10.1 Å². The first-order chi connectivity index (χ1) is 9.42. The standard InChI is InChI=1S/C12H18N4O3S/c1-9-3-2-4-10(11(9)12(13)14)15-20(17,18)16-5-7-19-8-6-16/h2-4,15H,5-8H2,1H3,(H3,13,14). The molecule has 20 heavy (non-hydrogen) atoms. The number of hydrogen-bond acceptors (Lipinski definition) is 4. The molecule has 4 N–H and O–H groups in total. The van der Waals surface area contributed by atoms with Crippen LogP contribution in [0.4, 0.5) is 5.69 Å². The number of nitrogens with one attached hydrogen (secondary N) is 2. The van der Waals surface area contributed by atoms with Gasteiger partial charge in [0, 0.05) is 18.7 Å². The zero-order valence-corrected chi connectivity index (χ0v) is 12.0. The smallest absolute Gasteiger partial charge is 0.301 e. The molecule has 7 nitrogen and oxygen atoms in total. The molecule has 1 aromatic rings. The third-order valence-electron chi connectivity index (χ3n) is 3.09. The highest BCUT2D eigenvalue weighted by Crippen LogP contribution is 2.21. The van der Waals surface area contributed by atoms with Gasteiger partial charge < -0.3 is 10.5 Å². The lowest BCUT2D eigenvalue weighted by Crippen LogP contribution is -2.43. The van der Waals surface area contributed by atoms with E-state index in [0.717, 1.165) is 5.56 Å². The van der Waals surface area contributed by atoms with E-state index in [1.165, 1.54) is 4.31 Å². The summed E-state index contributed by atoms with van der Waals surface area (Å²) in [6.07, 6.45) is 0. The number of amidine groups is 1. The summed E-state index contributed by atoms with van der Waals surface area (Å²) < 4.78 is 33.5. The van der Waals surface area contributed by atoms with Gasteiger partial charge in [0.25, 0.3) is 0 Å². The Hall–Kier alpha value is -1.64. The Balaban J connectivity index is 2.29. The second-order valence-electron chi connectivity index (χ2n) is 4.53. The lowest BCUT2D eigenvalue weighted by atomic mass is 10.1. The average Bonchev–Trinajstić information content (AvgIpc) is 2.39. The summed E-state index contributed by atoms with van der Waals surface area (Å²) in [7, 11) is -3.66. The molecule has 0 aliphatic carbocycles. The fourth-order valence-electron chi connectivity index (χ4n) is 2.10. The molecule has 2 rings (SSSR count). The molecule has 0 radical (unpaired) electrons. The van der Waals surface area contributed by atoms with E-state index in [1.54, 1.807) is 25.1 Å². The highest BCUT2D eigenvalue weighted by Gasteiger charge is 2.25. The van der Waals surface area contributed by atoms with Gasteiger partial charge in [0.05, 0.1) is 18.9 Å². The Labute approximate surface area is 118 Å². The van der Waals surface area contributed by atoms with Gasteiger partial charge in [-0.2, -0.15) is 12.7 Å². The number of morpholine rings is 1. The number of benzene rings is 1. The van der Waals surface area contributed by atoms with Crippen LogP contribution in [0.2, 0.25) is 0 Å². The van der Waals surface area contributed by atoms with Crippen LogP contribution >= 0.6 is 0 Å². The summed E-state index contributed by atoms with van der Waals surface area (Å²) in [5.74, 6) is -0.164. The number of hydrogen-bond donors (Lipinski definition) is 3. The molecular weight excluding hydrogens is 280 g/mol. The normalized spacial score (nSPS) is 16.9. The van der Waals surface area contributed by atoms with Crippen molar-refractivity contribution >= 4 is 21.7 Å². The molecule has 1 saturated heterocycles. The average molecular weight is 298 g/mol. The third kappa shape index (κ3) is 3.09. The second-order valence-corrected chi connectivity index (χ2v) is 6.20. The van der Waals surface area contributed by atoms with Crippen molar-refractivity contribution in [1.29, 1.82) is 5.41 Å². The third-order valence-corrected chi connectivity index (χ3v) is 4.61. The summed E-state index contributed by atoms with van der Waals surface area (Å²) >= 11 is 0. The van der Waals surface area contributed by atoms with Crippen molar-refractivity contribution in [3.63, 3.8) is 0 Å². The molecule has 0 amide bonds. The molecular formula is C12H18N4O3S. The second kappa shape index (κ2) is 5.78. The number of rotatable bonds is 4. The van der Waals surface area contributed by atoms with Crippen molar-refractivity contribution in [3.8, 4) is 0 Å².